The molecule has 76 valence electrons. The molecule has 2 rings (SSSR count). The Morgan fingerprint density at radius 1 is 1.27 bits per heavy atom. The van der Waals surface area contributed by atoms with Gasteiger partial charge in [-0.15, -0.1) is 0 Å². The van der Waals surface area contributed by atoms with Gasteiger partial charge in [0.25, 0.3) is 0 Å². The maximum Gasteiger partial charge on any atom is 0.190 e. The first-order valence-corrected chi connectivity index (χ1v) is 5.38. The molecular weight excluding hydrogens is 208 g/mol. The molecule has 2 aromatic carbocycles. The summed E-state index contributed by atoms with van der Waals surface area (Å²) < 4.78 is 0. The molecule has 0 aromatic heterocycles. The van der Waals surface area contributed by atoms with Crippen molar-refractivity contribution in [2.24, 2.45) is 0 Å². The third-order valence-corrected chi connectivity index (χ3v) is 2.83. The van der Waals surface area contributed by atoms with E-state index in [1.807, 2.05) is 30.3 Å². The van der Waals surface area contributed by atoms with Crippen molar-refractivity contribution < 1.29 is 9.90 Å². The molecule has 0 fully saturated rings. The lowest BCUT2D eigenvalue weighted by atomic mass is 10.1. The minimum Gasteiger partial charge on any atom is -0.507 e. The molecule has 2 nitrogen and oxygen atoms in total. The highest BCUT2D eigenvalue weighted by Gasteiger charge is 2.04. The SMILES string of the molecule is CC(=O)Sc1cc(O)c2ccccc2c1. The van der Waals surface area contributed by atoms with Crippen molar-refractivity contribution >= 4 is 27.6 Å². The summed E-state index contributed by atoms with van der Waals surface area (Å²) in [5.74, 6) is 0.219. The number of aromatic hydroxyl groups is 1. The molecule has 0 radical (unpaired) electrons. The molecule has 1 N–H and O–H groups in total. The molecule has 3 heteroatoms. The van der Waals surface area contributed by atoms with Gasteiger partial charge in [0.15, 0.2) is 5.12 Å². The molecule has 0 aliphatic rings. The van der Waals surface area contributed by atoms with Crippen molar-refractivity contribution in [1.82, 2.24) is 0 Å². The first kappa shape index (κ1) is 10.1. The molecule has 0 aliphatic carbocycles. The molecule has 2 aromatic rings. The molecule has 0 heterocycles. The first-order valence-electron chi connectivity index (χ1n) is 4.57. The van der Waals surface area contributed by atoms with Gasteiger partial charge in [-0.2, -0.15) is 0 Å². The van der Waals surface area contributed by atoms with Gasteiger partial charge >= 0.3 is 0 Å². The van der Waals surface area contributed by atoms with E-state index in [1.54, 1.807) is 6.07 Å². The fourth-order valence-corrected chi connectivity index (χ4v) is 2.18. The maximum atomic E-state index is 10.9. The largest absolute Gasteiger partial charge is 0.507 e. The van der Waals surface area contributed by atoms with Crippen molar-refractivity contribution in [2.75, 3.05) is 0 Å². The summed E-state index contributed by atoms with van der Waals surface area (Å²) in [4.78, 5) is 11.7. The summed E-state index contributed by atoms with van der Waals surface area (Å²) in [5.41, 5.74) is 0. The van der Waals surface area contributed by atoms with Crippen LogP contribution < -0.4 is 0 Å². The maximum absolute atomic E-state index is 10.9. The van der Waals surface area contributed by atoms with Crippen LogP contribution in [0.15, 0.2) is 41.3 Å². The van der Waals surface area contributed by atoms with Crippen LogP contribution in [0.1, 0.15) is 6.92 Å². The number of carbonyl (C=O) groups excluding carboxylic acids is 1. The number of rotatable bonds is 1. The number of hydrogen-bond donors (Lipinski definition) is 1. The molecule has 0 unspecified atom stereocenters. The number of fused-ring (bicyclic) bond motifs is 1. The molecule has 0 amide bonds. The van der Waals surface area contributed by atoms with E-state index in [2.05, 4.69) is 0 Å². The van der Waals surface area contributed by atoms with Gasteiger partial charge in [-0.05, 0) is 17.5 Å². The van der Waals surface area contributed by atoms with Gasteiger partial charge in [0.1, 0.15) is 5.75 Å². The van der Waals surface area contributed by atoms with E-state index in [1.165, 1.54) is 6.92 Å². The molecular formula is C12H10O2S. The van der Waals surface area contributed by atoms with E-state index in [9.17, 15) is 9.90 Å². The highest BCUT2D eigenvalue weighted by molar-refractivity contribution is 8.13. The Morgan fingerprint density at radius 3 is 2.73 bits per heavy atom. The van der Waals surface area contributed by atoms with Gasteiger partial charge in [0.05, 0.1) is 0 Å². The fourth-order valence-electron chi connectivity index (χ4n) is 1.49. The summed E-state index contributed by atoms with van der Waals surface area (Å²) in [6.45, 7) is 1.51. The van der Waals surface area contributed by atoms with Crippen molar-refractivity contribution in [3.05, 3.63) is 36.4 Å². The molecule has 0 saturated heterocycles. The van der Waals surface area contributed by atoms with Gasteiger partial charge in [-0.1, -0.05) is 36.0 Å². The van der Waals surface area contributed by atoms with Gasteiger partial charge < -0.3 is 5.11 Å². The Balaban J connectivity index is 2.57. The summed E-state index contributed by atoms with van der Waals surface area (Å²) >= 11 is 1.13. The minimum absolute atomic E-state index is 0.0182. The second-order valence-corrected chi connectivity index (χ2v) is 4.51. The van der Waals surface area contributed by atoms with Gasteiger partial charge in [-0.3, -0.25) is 4.79 Å². The zero-order chi connectivity index (χ0) is 10.8. The molecule has 0 spiro atoms. The van der Waals surface area contributed by atoms with Gasteiger partial charge in [0, 0.05) is 17.2 Å². The third-order valence-electron chi connectivity index (χ3n) is 2.08. The summed E-state index contributed by atoms with van der Waals surface area (Å²) in [6.07, 6.45) is 0. The van der Waals surface area contributed by atoms with Gasteiger partial charge in [0.2, 0.25) is 0 Å². The number of hydrogen-bond acceptors (Lipinski definition) is 3. The lowest BCUT2D eigenvalue weighted by molar-refractivity contribution is -0.109. The van der Waals surface area contributed by atoms with Crippen molar-refractivity contribution in [1.29, 1.82) is 0 Å². The van der Waals surface area contributed by atoms with Crippen LogP contribution in [0.3, 0.4) is 0 Å². The van der Waals surface area contributed by atoms with E-state index in [4.69, 9.17) is 0 Å². The van der Waals surface area contributed by atoms with Crippen LogP contribution in [0.5, 0.6) is 5.75 Å². The van der Waals surface area contributed by atoms with E-state index < -0.39 is 0 Å². The van der Waals surface area contributed by atoms with Gasteiger partial charge in [-0.25, -0.2) is 0 Å². The monoisotopic (exact) mass is 218 g/mol. The predicted octanol–water partition coefficient (Wildman–Crippen LogP) is 3.18. The predicted molar refractivity (Wildman–Crippen MR) is 62.2 cm³/mol. The van der Waals surface area contributed by atoms with E-state index in [0.29, 0.717) is 0 Å². The Morgan fingerprint density at radius 2 is 2.00 bits per heavy atom. The summed E-state index contributed by atoms with van der Waals surface area (Å²) in [5, 5.41) is 11.5. The smallest absolute Gasteiger partial charge is 0.190 e. The average molecular weight is 218 g/mol. The van der Waals surface area contributed by atoms with Crippen LogP contribution in [0.4, 0.5) is 0 Å². The zero-order valence-corrected chi connectivity index (χ0v) is 9.04. The number of benzene rings is 2. The fraction of sp³-hybridized carbons (Fsp3) is 0.0833. The average Bonchev–Trinajstić information content (AvgIpc) is 2.16. The standard InChI is InChI=1S/C12H10O2S/c1-8(13)15-10-6-9-4-2-3-5-11(9)12(14)7-10/h2-7,14H,1H3. The van der Waals surface area contributed by atoms with E-state index in [-0.39, 0.29) is 10.9 Å². The van der Waals surface area contributed by atoms with Crippen molar-refractivity contribution in [3.63, 3.8) is 0 Å². The second-order valence-electron chi connectivity index (χ2n) is 3.26. The Hall–Kier alpha value is -1.48. The summed E-state index contributed by atoms with van der Waals surface area (Å²) in [6, 6.07) is 11.1. The van der Waals surface area contributed by atoms with E-state index >= 15 is 0 Å². The van der Waals surface area contributed by atoms with Crippen LogP contribution in [-0.2, 0) is 4.79 Å². The molecule has 0 atom stereocenters. The molecule has 15 heavy (non-hydrogen) atoms. The van der Waals surface area contributed by atoms with Crippen LogP contribution in [0.2, 0.25) is 0 Å². The highest BCUT2D eigenvalue weighted by Crippen LogP contribution is 2.31. The molecule has 0 aliphatic heterocycles. The molecule has 0 saturated carbocycles. The summed E-state index contributed by atoms with van der Waals surface area (Å²) in [7, 11) is 0. The Labute approximate surface area is 91.9 Å². The van der Waals surface area contributed by atoms with Crippen LogP contribution in [0, 0.1) is 0 Å². The lowest BCUT2D eigenvalue weighted by Crippen LogP contribution is -1.82. The minimum atomic E-state index is 0.0182. The third kappa shape index (κ3) is 2.13. The first-order chi connectivity index (χ1) is 7.16. The number of thioether (sulfide) groups is 1. The second kappa shape index (κ2) is 3.95. The lowest BCUT2D eigenvalue weighted by Gasteiger charge is -2.03. The van der Waals surface area contributed by atoms with Crippen LogP contribution >= 0.6 is 11.8 Å². The Kier molecular flexibility index (Phi) is 2.64. The topological polar surface area (TPSA) is 37.3 Å². The number of phenols is 1. The number of carbonyl (C=O) groups is 1. The number of phenolic OH excluding ortho intramolecular Hbond substituents is 1. The zero-order valence-electron chi connectivity index (χ0n) is 8.23. The van der Waals surface area contributed by atoms with Crippen LogP contribution in [0.25, 0.3) is 10.8 Å². The quantitative estimate of drug-likeness (QED) is 0.747. The van der Waals surface area contributed by atoms with Crippen LogP contribution in [-0.4, -0.2) is 10.2 Å². The van der Waals surface area contributed by atoms with E-state index in [0.717, 1.165) is 27.4 Å². The van der Waals surface area contributed by atoms with Crippen molar-refractivity contribution in [2.45, 2.75) is 11.8 Å². The highest BCUT2D eigenvalue weighted by atomic mass is 32.2. The van der Waals surface area contributed by atoms with Crippen molar-refractivity contribution in [3.8, 4) is 5.75 Å². The molecule has 0 bridgehead atoms. The Bertz CT molecular complexity index is 520. The normalized spacial score (nSPS) is 10.5.